The predicted molar refractivity (Wildman–Crippen MR) is 146 cm³/mol. The van der Waals surface area contributed by atoms with Crippen molar-refractivity contribution < 1.29 is 23.5 Å². The number of fused-ring (bicyclic) bond motifs is 2. The van der Waals surface area contributed by atoms with E-state index in [4.69, 9.17) is 14.3 Å². The first-order chi connectivity index (χ1) is 18.9. The van der Waals surface area contributed by atoms with Crippen molar-refractivity contribution in [2.45, 2.75) is 76.4 Å². The van der Waals surface area contributed by atoms with E-state index in [-0.39, 0.29) is 28.2 Å². The van der Waals surface area contributed by atoms with Crippen LogP contribution in [0.1, 0.15) is 75.3 Å². The van der Waals surface area contributed by atoms with Crippen molar-refractivity contribution in [1.82, 2.24) is 4.90 Å². The molecule has 39 heavy (non-hydrogen) atoms. The van der Waals surface area contributed by atoms with Gasteiger partial charge in [-0.15, -0.1) is 0 Å². The zero-order valence-electron chi connectivity index (χ0n) is 22.9. The zero-order chi connectivity index (χ0) is 26.8. The van der Waals surface area contributed by atoms with Gasteiger partial charge in [0, 0.05) is 37.0 Å². The number of hydrogen-bond donors (Lipinski definition) is 0. The van der Waals surface area contributed by atoms with E-state index in [1.165, 1.54) is 48.9 Å². The van der Waals surface area contributed by atoms with E-state index in [0.29, 0.717) is 12.5 Å². The smallest absolute Gasteiger partial charge is 0.311 e. The van der Waals surface area contributed by atoms with Gasteiger partial charge in [-0.1, -0.05) is 23.4 Å². The first-order valence-corrected chi connectivity index (χ1v) is 14.5. The maximum Gasteiger partial charge on any atom is 0.311 e. The molecule has 7 rings (SSSR count). The highest BCUT2D eigenvalue weighted by Crippen LogP contribution is 2.64. The van der Waals surface area contributed by atoms with Gasteiger partial charge in [0.1, 0.15) is 11.6 Å². The van der Waals surface area contributed by atoms with Crippen molar-refractivity contribution in [2.24, 2.45) is 16.0 Å². The van der Waals surface area contributed by atoms with E-state index in [0.717, 1.165) is 75.0 Å². The average molecular weight is 533 g/mol. The van der Waals surface area contributed by atoms with Crippen LogP contribution in [0.5, 0.6) is 5.75 Å². The van der Waals surface area contributed by atoms with Crippen LogP contribution in [0.3, 0.4) is 0 Å². The minimum absolute atomic E-state index is 0.0137. The number of rotatable bonds is 8. The van der Waals surface area contributed by atoms with Gasteiger partial charge in [0.25, 0.3) is 0 Å². The van der Waals surface area contributed by atoms with Crippen LogP contribution in [0.25, 0.3) is 11.1 Å². The number of benzene rings is 2. The quantitative estimate of drug-likeness (QED) is 0.378. The number of ether oxygens (including phenoxy) is 2. The maximum absolute atomic E-state index is 13.6. The molecule has 0 aromatic heterocycles. The fraction of sp³-hybridized carbons (Fsp3) is 0.562. The molecule has 2 aromatic rings. The van der Waals surface area contributed by atoms with E-state index in [2.05, 4.69) is 22.2 Å². The molecule has 6 nitrogen and oxygen atoms in total. The van der Waals surface area contributed by atoms with Gasteiger partial charge in [-0.05, 0) is 92.7 Å². The summed E-state index contributed by atoms with van der Waals surface area (Å²) in [6.07, 6.45) is 7.91. The standard InChI is InChI=1S/C32H37FN2O4/c1-3-38-26-15-21(14-25(22-4-5-22)28(26)23-6-8-24(33)9-7-23)17-35-19-32(20-35)16-27(34-39-32)30-10-12-31(18-30,13-11-30)29(36)37-2/h6-9,14-15,22H,3-5,10-13,16-20H2,1-2H3. The van der Waals surface area contributed by atoms with Crippen LogP contribution in [0.15, 0.2) is 41.6 Å². The number of carbonyl (C=O) groups excluding carboxylic acids is 1. The van der Waals surface area contributed by atoms with Crippen molar-refractivity contribution in [3.8, 4) is 16.9 Å². The summed E-state index contributed by atoms with van der Waals surface area (Å²) in [5, 5.41) is 4.65. The van der Waals surface area contributed by atoms with Crippen LogP contribution in [-0.4, -0.2) is 49.0 Å². The molecule has 1 saturated heterocycles. The second-order valence-electron chi connectivity index (χ2n) is 12.6. The number of esters is 1. The number of methoxy groups -OCH3 is 1. The summed E-state index contributed by atoms with van der Waals surface area (Å²) in [5.74, 6) is 1.15. The highest BCUT2D eigenvalue weighted by atomic mass is 19.1. The third-order valence-electron chi connectivity index (χ3n) is 9.98. The van der Waals surface area contributed by atoms with Crippen LogP contribution in [0, 0.1) is 16.6 Å². The van der Waals surface area contributed by atoms with Crippen molar-refractivity contribution >= 4 is 11.7 Å². The number of nitrogens with zero attached hydrogens (tertiary/aromatic N) is 2. The van der Waals surface area contributed by atoms with Crippen LogP contribution < -0.4 is 4.74 Å². The summed E-state index contributed by atoms with van der Waals surface area (Å²) < 4.78 is 25.0. The molecule has 2 aliphatic heterocycles. The lowest BCUT2D eigenvalue weighted by atomic mass is 9.74. The molecule has 0 amide bonds. The summed E-state index contributed by atoms with van der Waals surface area (Å²) in [4.78, 5) is 21.0. The molecule has 0 N–H and O–H groups in total. The molecular weight excluding hydrogens is 495 g/mol. The SMILES string of the molecule is CCOc1cc(CN2CC3(CC(C45CCC(C(=O)OC)(CC4)C5)=NO3)C2)cc(C2CC2)c1-c1ccc(F)cc1. The molecule has 2 bridgehead atoms. The Balaban J connectivity index is 1.05. The average Bonchev–Trinajstić information content (AvgIpc) is 3.38. The van der Waals surface area contributed by atoms with E-state index in [9.17, 15) is 9.18 Å². The Labute approximate surface area is 229 Å². The van der Waals surface area contributed by atoms with Gasteiger partial charge in [-0.3, -0.25) is 9.69 Å². The third-order valence-corrected chi connectivity index (χ3v) is 9.98. The molecule has 2 aromatic carbocycles. The Morgan fingerprint density at radius 3 is 2.54 bits per heavy atom. The lowest BCUT2D eigenvalue weighted by molar-refractivity contribution is -0.152. The molecular formula is C32H37FN2O4. The fourth-order valence-electron chi connectivity index (χ4n) is 7.90. The highest BCUT2D eigenvalue weighted by molar-refractivity contribution is 5.94. The Kier molecular flexibility index (Phi) is 5.82. The highest BCUT2D eigenvalue weighted by Gasteiger charge is 2.63. The Bertz CT molecular complexity index is 1320. The second kappa shape index (κ2) is 9.05. The number of halogens is 1. The molecule has 206 valence electrons. The lowest BCUT2D eigenvalue weighted by Gasteiger charge is -2.46. The molecule has 5 aliphatic rings. The molecule has 0 radical (unpaired) electrons. The minimum atomic E-state index is -0.309. The minimum Gasteiger partial charge on any atom is -0.493 e. The molecule has 0 unspecified atom stereocenters. The van der Waals surface area contributed by atoms with Crippen molar-refractivity contribution in [2.75, 3.05) is 26.8 Å². The maximum atomic E-state index is 13.6. The van der Waals surface area contributed by atoms with Crippen molar-refractivity contribution in [3.05, 3.63) is 53.3 Å². The van der Waals surface area contributed by atoms with E-state index in [1.807, 2.05) is 19.1 Å². The first kappa shape index (κ1) is 25.1. The zero-order valence-corrected chi connectivity index (χ0v) is 22.9. The fourth-order valence-corrected chi connectivity index (χ4v) is 7.90. The van der Waals surface area contributed by atoms with Gasteiger partial charge in [0.05, 0.1) is 24.8 Å². The Morgan fingerprint density at radius 2 is 1.87 bits per heavy atom. The predicted octanol–water partition coefficient (Wildman–Crippen LogP) is 6.22. The normalized spacial score (nSPS) is 28.7. The van der Waals surface area contributed by atoms with Crippen LogP contribution in [-0.2, 0) is 20.9 Å². The van der Waals surface area contributed by atoms with Gasteiger partial charge in [0.2, 0.25) is 0 Å². The van der Waals surface area contributed by atoms with Crippen LogP contribution in [0.4, 0.5) is 4.39 Å². The molecule has 0 atom stereocenters. The van der Waals surface area contributed by atoms with E-state index >= 15 is 0 Å². The third kappa shape index (κ3) is 4.16. The molecule has 3 saturated carbocycles. The van der Waals surface area contributed by atoms with Gasteiger partial charge in [0.15, 0.2) is 5.60 Å². The van der Waals surface area contributed by atoms with Crippen molar-refractivity contribution in [3.63, 3.8) is 0 Å². The molecule has 3 aliphatic carbocycles. The number of oxime groups is 1. The van der Waals surface area contributed by atoms with Gasteiger partial charge >= 0.3 is 5.97 Å². The summed E-state index contributed by atoms with van der Waals surface area (Å²) in [7, 11) is 1.50. The van der Waals surface area contributed by atoms with Gasteiger partial charge in [-0.2, -0.15) is 0 Å². The summed E-state index contributed by atoms with van der Waals surface area (Å²) in [6, 6.07) is 11.3. The summed E-state index contributed by atoms with van der Waals surface area (Å²) >= 11 is 0. The lowest BCUT2D eigenvalue weighted by Crippen LogP contribution is -2.61. The number of hydrogen-bond acceptors (Lipinski definition) is 6. The monoisotopic (exact) mass is 532 g/mol. The molecule has 2 heterocycles. The molecule has 4 fully saturated rings. The number of likely N-dealkylation sites (tertiary alicyclic amines) is 1. The van der Waals surface area contributed by atoms with Gasteiger partial charge in [-0.25, -0.2) is 4.39 Å². The molecule has 7 heteroatoms. The largest absolute Gasteiger partial charge is 0.493 e. The van der Waals surface area contributed by atoms with E-state index < -0.39 is 0 Å². The van der Waals surface area contributed by atoms with E-state index in [1.54, 1.807) is 0 Å². The first-order valence-electron chi connectivity index (χ1n) is 14.5. The van der Waals surface area contributed by atoms with Crippen LogP contribution >= 0.6 is 0 Å². The Morgan fingerprint density at radius 1 is 1.13 bits per heavy atom. The van der Waals surface area contributed by atoms with Gasteiger partial charge < -0.3 is 14.3 Å². The summed E-state index contributed by atoms with van der Waals surface area (Å²) in [5.41, 5.74) is 5.31. The topological polar surface area (TPSA) is 60.4 Å². The second-order valence-corrected chi connectivity index (χ2v) is 12.6. The molecule has 1 spiro atoms. The number of carbonyl (C=O) groups is 1. The Hall–Kier alpha value is -2.93. The van der Waals surface area contributed by atoms with Crippen LogP contribution in [0.2, 0.25) is 0 Å². The van der Waals surface area contributed by atoms with Crippen molar-refractivity contribution in [1.29, 1.82) is 0 Å². The summed E-state index contributed by atoms with van der Waals surface area (Å²) in [6.45, 7) is 5.12.